The molecule has 1 N–H and O–H groups in total. The molecule has 21 heavy (non-hydrogen) atoms. The van der Waals surface area contributed by atoms with Crippen molar-refractivity contribution in [1.82, 2.24) is 4.98 Å². The van der Waals surface area contributed by atoms with Crippen LogP contribution in [-0.2, 0) is 0 Å². The minimum Gasteiger partial charge on any atom is -0.373 e. The molecule has 0 aliphatic rings. The number of halogens is 1. The van der Waals surface area contributed by atoms with Crippen LogP contribution in [0.3, 0.4) is 0 Å². The lowest BCUT2D eigenvalue weighted by molar-refractivity contribution is 0.887. The summed E-state index contributed by atoms with van der Waals surface area (Å²) in [6.07, 6.45) is 1.83. The molecule has 0 aliphatic heterocycles. The third-order valence-electron chi connectivity index (χ3n) is 3.27. The molecule has 1 unspecified atom stereocenters. The molecule has 1 heterocycles. The first-order chi connectivity index (χ1) is 10.3. The summed E-state index contributed by atoms with van der Waals surface area (Å²) in [7, 11) is 0. The molecule has 0 radical (unpaired) electrons. The van der Waals surface area contributed by atoms with E-state index < -0.39 is 0 Å². The van der Waals surface area contributed by atoms with E-state index in [1.807, 2.05) is 24.4 Å². The highest BCUT2D eigenvalue weighted by molar-refractivity contribution is 14.1. The van der Waals surface area contributed by atoms with Gasteiger partial charge in [0.25, 0.3) is 0 Å². The fourth-order valence-corrected chi connectivity index (χ4v) is 2.59. The Labute approximate surface area is 138 Å². The van der Waals surface area contributed by atoms with Gasteiger partial charge in [0, 0.05) is 15.5 Å². The zero-order valence-electron chi connectivity index (χ0n) is 11.4. The van der Waals surface area contributed by atoms with Crippen molar-refractivity contribution in [2.75, 3.05) is 5.32 Å². The maximum atomic E-state index is 4.51. The zero-order valence-corrected chi connectivity index (χ0v) is 13.6. The van der Waals surface area contributed by atoms with Crippen LogP contribution in [0.2, 0.25) is 0 Å². The largest absolute Gasteiger partial charge is 0.373 e. The van der Waals surface area contributed by atoms with Crippen LogP contribution in [0.4, 0.5) is 5.69 Å². The highest BCUT2D eigenvalue weighted by Gasteiger charge is 2.14. The predicted molar refractivity (Wildman–Crippen MR) is 95.3 cm³/mol. The van der Waals surface area contributed by atoms with Crippen LogP contribution in [-0.4, -0.2) is 4.98 Å². The minimum atomic E-state index is 0.0486. The minimum absolute atomic E-state index is 0.0486. The smallest absolute Gasteiger partial charge is 0.0940 e. The molecule has 0 bridgehead atoms. The van der Waals surface area contributed by atoms with E-state index in [4.69, 9.17) is 0 Å². The van der Waals surface area contributed by atoms with E-state index in [-0.39, 0.29) is 6.04 Å². The molecule has 3 aromatic rings. The first-order valence-electron chi connectivity index (χ1n) is 6.81. The van der Waals surface area contributed by atoms with Gasteiger partial charge in [0.15, 0.2) is 0 Å². The van der Waals surface area contributed by atoms with E-state index in [2.05, 4.69) is 87.5 Å². The molecule has 0 aliphatic carbocycles. The molecule has 2 aromatic carbocycles. The number of pyridine rings is 1. The van der Waals surface area contributed by atoms with Gasteiger partial charge in [-0.05, 0) is 64.6 Å². The number of nitrogens with one attached hydrogen (secondary N) is 1. The third-order valence-corrected chi connectivity index (χ3v) is 3.99. The highest BCUT2D eigenvalue weighted by atomic mass is 127. The van der Waals surface area contributed by atoms with E-state index in [1.54, 1.807) is 0 Å². The van der Waals surface area contributed by atoms with Crippen molar-refractivity contribution in [2.24, 2.45) is 0 Å². The van der Waals surface area contributed by atoms with Crippen LogP contribution in [0.15, 0.2) is 79.0 Å². The summed E-state index contributed by atoms with van der Waals surface area (Å²) in [6, 6.07) is 24.9. The molecule has 2 nitrogen and oxygen atoms in total. The van der Waals surface area contributed by atoms with Gasteiger partial charge in [-0.15, -0.1) is 0 Å². The maximum Gasteiger partial charge on any atom is 0.0940 e. The van der Waals surface area contributed by atoms with Gasteiger partial charge in [0.1, 0.15) is 0 Å². The van der Waals surface area contributed by atoms with Crippen molar-refractivity contribution in [3.8, 4) is 0 Å². The summed E-state index contributed by atoms with van der Waals surface area (Å²) in [5.41, 5.74) is 3.31. The number of nitrogens with zero attached hydrogens (tertiary/aromatic N) is 1. The SMILES string of the molecule is Ic1ccc(NC(c2ccccc2)c2ccccn2)cc1. The third kappa shape index (κ3) is 3.61. The Hall–Kier alpha value is -1.88. The molecule has 1 atom stereocenters. The lowest BCUT2D eigenvalue weighted by atomic mass is 10.0. The fraction of sp³-hybridized carbons (Fsp3) is 0.0556. The maximum absolute atomic E-state index is 4.51. The Balaban J connectivity index is 1.95. The van der Waals surface area contributed by atoms with E-state index in [0.717, 1.165) is 11.4 Å². The van der Waals surface area contributed by atoms with Crippen molar-refractivity contribution >= 4 is 28.3 Å². The first kappa shape index (κ1) is 14.1. The molecule has 104 valence electrons. The van der Waals surface area contributed by atoms with Crippen molar-refractivity contribution in [2.45, 2.75) is 6.04 Å². The molecule has 0 saturated carbocycles. The molecule has 3 heteroatoms. The average Bonchev–Trinajstić information content (AvgIpc) is 2.56. The topological polar surface area (TPSA) is 24.9 Å². The summed E-state index contributed by atoms with van der Waals surface area (Å²) in [5, 5.41) is 3.57. The molecular weight excluding hydrogens is 371 g/mol. The van der Waals surface area contributed by atoms with E-state index in [9.17, 15) is 0 Å². The summed E-state index contributed by atoms with van der Waals surface area (Å²) < 4.78 is 1.23. The van der Waals surface area contributed by atoms with Gasteiger partial charge >= 0.3 is 0 Å². The van der Waals surface area contributed by atoms with E-state index >= 15 is 0 Å². The predicted octanol–water partition coefficient (Wildman–Crippen LogP) is 4.89. The Morgan fingerprint density at radius 1 is 0.810 bits per heavy atom. The van der Waals surface area contributed by atoms with Gasteiger partial charge in [-0.25, -0.2) is 0 Å². The van der Waals surface area contributed by atoms with Gasteiger partial charge < -0.3 is 5.32 Å². The normalized spacial score (nSPS) is 11.9. The Morgan fingerprint density at radius 3 is 2.19 bits per heavy atom. The molecule has 1 aromatic heterocycles. The zero-order chi connectivity index (χ0) is 14.5. The molecule has 0 amide bonds. The van der Waals surface area contributed by atoms with E-state index in [1.165, 1.54) is 9.13 Å². The van der Waals surface area contributed by atoms with Crippen molar-refractivity contribution in [3.05, 3.63) is 93.8 Å². The van der Waals surface area contributed by atoms with Crippen LogP contribution in [0.1, 0.15) is 17.3 Å². The second-order valence-electron chi connectivity index (χ2n) is 4.75. The number of benzene rings is 2. The van der Waals surface area contributed by atoms with Crippen LogP contribution in [0.25, 0.3) is 0 Å². The second kappa shape index (κ2) is 6.72. The lowest BCUT2D eigenvalue weighted by Crippen LogP contribution is -2.13. The number of hydrogen-bond donors (Lipinski definition) is 1. The van der Waals surface area contributed by atoms with Crippen molar-refractivity contribution in [3.63, 3.8) is 0 Å². The van der Waals surface area contributed by atoms with Gasteiger partial charge in [0.2, 0.25) is 0 Å². The number of anilines is 1. The molecule has 0 saturated heterocycles. The van der Waals surface area contributed by atoms with Gasteiger partial charge in [-0.1, -0.05) is 36.4 Å². The monoisotopic (exact) mass is 386 g/mol. The number of rotatable bonds is 4. The molecule has 3 rings (SSSR count). The number of aromatic nitrogens is 1. The van der Waals surface area contributed by atoms with Crippen molar-refractivity contribution in [1.29, 1.82) is 0 Å². The van der Waals surface area contributed by atoms with Crippen LogP contribution in [0.5, 0.6) is 0 Å². The quantitative estimate of drug-likeness (QED) is 0.646. The lowest BCUT2D eigenvalue weighted by Gasteiger charge is -2.20. The highest BCUT2D eigenvalue weighted by Crippen LogP contribution is 2.25. The van der Waals surface area contributed by atoms with E-state index in [0.29, 0.717) is 0 Å². The summed E-state index contributed by atoms with van der Waals surface area (Å²) in [6.45, 7) is 0. The average molecular weight is 386 g/mol. The summed E-state index contributed by atoms with van der Waals surface area (Å²) in [5.74, 6) is 0. The standard InChI is InChI=1S/C18H15IN2/c19-15-9-11-16(12-10-15)21-18(14-6-2-1-3-7-14)17-8-4-5-13-20-17/h1-13,18,21H. The second-order valence-corrected chi connectivity index (χ2v) is 6.00. The van der Waals surface area contributed by atoms with Gasteiger partial charge in [-0.3, -0.25) is 4.98 Å². The molecule has 0 fully saturated rings. The first-order valence-corrected chi connectivity index (χ1v) is 7.89. The summed E-state index contributed by atoms with van der Waals surface area (Å²) in [4.78, 5) is 4.51. The van der Waals surface area contributed by atoms with Crippen LogP contribution < -0.4 is 5.32 Å². The van der Waals surface area contributed by atoms with Crippen LogP contribution >= 0.6 is 22.6 Å². The Morgan fingerprint density at radius 2 is 1.52 bits per heavy atom. The van der Waals surface area contributed by atoms with Crippen LogP contribution in [0, 0.1) is 3.57 Å². The Bertz CT molecular complexity index is 642. The molecular formula is C18H15IN2. The summed E-state index contributed by atoms with van der Waals surface area (Å²) >= 11 is 2.31. The van der Waals surface area contributed by atoms with Gasteiger partial charge in [0.05, 0.1) is 11.7 Å². The number of hydrogen-bond acceptors (Lipinski definition) is 2. The molecule has 0 spiro atoms. The van der Waals surface area contributed by atoms with Crippen molar-refractivity contribution < 1.29 is 0 Å². The Kier molecular flexibility index (Phi) is 4.50. The van der Waals surface area contributed by atoms with Gasteiger partial charge in [-0.2, -0.15) is 0 Å². The fourth-order valence-electron chi connectivity index (χ4n) is 2.23.